The Bertz CT molecular complexity index is 659. The van der Waals surface area contributed by atoms with Crippen molar-refractivity contribution in [3.05, 3.63) is 47.3 Å². The summed E-state index contributed by atoms with van der Waals surface area (Å²) in [6.45, 7) is 3.92. The molecule has 1 aromatic carbocycles. The van der Waals surface area contributed by atoms with Gasteiger partial charge < -0.3 is 10.4 Å². The zero-order chi connectivity index (χ0) is 15.4. The van der Waals surface area contributed by atoms with Crippen molar-refractivity contribution >= 4 is 17.6 Å². The zero-order valence-corrected chi connectivity index (χ0v) is 12.0. The first-order chi connectivity index (χ1) is 9.94. The average molecular weight is 287 g/mol. The van der Waals surface area contributed by atoms with Crippen LogP contribution in [0.5, 0.6) is 0 Å². The first-order valence-corrected chi connectivity index (χ1v) is 6.55. The molecule has 21 heavy (non-hydrogen) atoms. The summed E-state index contributed by atoms with van der Waals surface area (Å²) in [5, 5.41) is 15.7. The molecule has 6 heteroatoms. The molecule has 0 bridgehead atoms. The van der Waals surface area contributed by atoms with Crippen LogP contribution in [0.2, 0.25) is 0 Å². The number of hydrogen-bond acceptors (Lipinski definition) is 3. The molecule has 0 radical (unpaired) electrons. The number of aromatic nitrogens is 2. The number of rotatable bonds is 5. The van der Waals surface area contributed by atoms with E-state index in [0.717, 1.165) is 11.4 Å². The fraction of sp³-hybridized carbons (Fsp3) is 0.267. The van der Waals surface area contributed by atoms with E-state index < -0.39 is 5.97 Å². The second-order valence-corrected chi connectivity index (χ2v) is 4.90. The third kappa shape index (κ3) is 4.17. The molecule has 0 spiro atoms. The van der Waals surface area contributed by atoms with Crippen molar-refractivity contribution in [2.45, 2.75) is 26.8 Å². The van der Waals surface area contributed by atoms with Gasteiger partial charge in [0.05, 0.1) is 12.1 Å². The number of aryl methyl sites for hydroxylation is 2. The maximum atomic E-state index is 11.9. The second-order valence-electron chi connectivity index (χ2n) is 4.90. The van der Waals surface area contributed by atoms with Gasteiger partial charge in [0.2, 0.25) is 5.91 Å². The lowest BCUT2D eigenvalue weighted by Crippen LogP contribution is -2.20. The third-order valence-electron chi connectivity index (χ3n) is 2.99. The Hall–Kier alpha value is -2.63. The monoisotopic (exact) mass is 287 g/mol. The van der Waals surface area contributed by atoms with Crippen LogP contribution < -0.4 is 5.32 Å². The number of carbonyl (C=O) groups is 2. The lowest BCUT2D eigenvalue weighted by molar-refractivity contribution is -0.136. The molecule has 0 saturated heterocycles. The molecule has 2 N–H and O–H groups in total. The van der Waals surface area contributed by atoms with Crippen molar-refractivity contribution in [3.8, 4) is 0 Å². The molecule has 1 heterocycles. The van der Waals surface area contributed by atoms with E-state index in [1.54, 1.807) is 28.9 Å². The smallest absolute Gasteiger partial charge is 0.307 e. The van der Waals surface area contributed by atoms with Gasteiger partial charge in [0.15, 0.2) is 0 Å². The summed E-state index contributed by atoms with van der Waals surface area (Å²) in [6.07, 6.45) is -0.0278. The van der Waals surface area contributed by atoms with E-state index in [0.29, 0.717) is 11.3 Å². The normalized spacial score (nSPS) is 10.4. The van der Waals surface area contributed by atoms with Crippen LogP contribution in [0.4, 0.5) is 5.69 Å². The van der Waals surface area contributed by atoms with Crippen molar-refractivity contribution in [2.75, 3.05) is 5.32 Å². The van der Waals surface area contributed by atoms with Gasteiger partial charge in [-0.25, -0.2) is 0 Å². The minimum Gasteiger partial charge on any atom is -0.481 e. The van der Waals surface area contributed by atoms with Crippen LogP contribution in [0.3, 0.4) is 0 Å². The average Bonchev–Trinajstić information content (AvgIpc) is 2.69. The second kappa shape index (κ2) is 6.21. The van der Waals surface area contributed by atoms with E-state index in [9.17, 15) is 9.59 Å². The van der Waals surface area contributed by atoms with Crippen LogP contribution in [0.15, 0.2) is 30.3 Å². The molecular weight excluding hydrogens is 270 g/mol. The largest absolute Gasteiger partial charge is 0.481 e. The molecule has 0 fully saturated rings. The first-order valence-electron chi connectivity index (χ1n) is 6.55. The number of nitrogens with one attached hydrogen (secondary N) is 1. The topological polar surface area (TPSA) is 84.2 Å². The van der Waals surface area contributed by atoms with E-state index in [4.69, 9.17) is 5.11 Å². The molecule has 0 aliphatic heterocycles. The molecule has 0 atom stereocenters. The number of benzene rings is 1. The van der Waals surface area contributed by atoms with Crippen molar-refractivity contribution in [3.63, 3.8) is 0 Å². The van der Waals surface area contributed by atoms with Crippen LogP contribution in [-0.2, 0) is 22.6 Å². The van der Waals surface area contributed by atoms with Gasteiger partial charge in [-0.1, -0.05) is 12.1 Å². The van der Waals surface area contributed by atoms with Gasteiger partial charge in [0, 0.05) is 11.4 Å². The molecule has 0 unspecified atom stereocenters. The van der Waals surface area contributed by atoms with Crippen molar-refractivity contribution < 1.29 is 14.7 Å². The van der Waals surface area contributed by atoms with Crippen LogP contribution in [0.25, 0.3) is 0 Å². The molecule has 0 aliphatic rings. The quantitative estimate of drug-likeness (QED) is 0.877. The highest BCUT2D eigenvalue weighted by Gasteiger charge is 2.08. The van der Waals surface area contributed by atoms with E-state index >= 15 is 0 Å². The van der Waals surface area contributed by atoms with Crippen molar-refractivity contribution in [1.82, 2.24) is 9.78 Å². The summed E-state index contributed by atoms with van der Waals surface area (Å²) in [4.78, 5) is 22.5. The maximum absolute atomic E-state index is 11.9. The first kappa shape index (κ1) is 14.8. The number of anilines is 1. The van der Waals surface area contributed by atoms with Crippen molar-refractivity contribution in [2.24, 2.45) is 0 Å². The van der Waals surface area contributed by atoms with Crippen molar-refractivity contribution in [1.29, 1.82) is 0 Å². The van der Waals surface area contributed by atoms with Gasteiger partial charge in [-0.2, -0.15) is 5.10 Å². The van der Waals surface area contributed by atoms with Crippen LogP contribution in [0.1, 0.15) is 17.0 Å². The molecule has 0 saturated carbocycles. The predicted molar refractivity (Wildman–Crippen MR) is 78.1 cm³/mol. The summed E-state index contributed by atoms with van der Waals surface area (Å²) < 4.78 is 1.64. The third-order valence-corrected chi connectivity index (χ3v) is 2.99. The maximum Gasteiger partial charge on any atom is 0.307 e. The van der Waals surface area contributed by atoms with E-state index in [-0.39, 0.29) is 18.9 Å². The van der Waals surface area contributed by atoms with E-state index in [1.807, 2.05) is 19.9 Å². The van der Waals surface area contributed by atoms with E-state index in [2.05, 4.69) is 10.4 Å². The highest BCUT2D eigenvalue weighted by atomic mass is 16.4. The van der Waals surface area contributed by atoms with E-state index in [1.165, 1.54) is 0 Å². The number of carboxylic acids is 1. The lowest BCUT2D eigenvalue weighted by atomic mass is 10.1. The summed E-state index contributed by atoms with van der Waals surface area (Å²) in [6, 6.07) is 8.67. The number of carboxylic acid groups (broad SMARTS) is 1. The number of carbonyl (C=O) groups excluding carboxylic acids is 1. The minimum atomic E-state index is -0.878. The SMILES string of the molecule is Cc1cc(C)n(CC(=O)Nc2ccc(CC(=O)O)cc2)n1. The van der Waals surface area contributed by atoms with Crippen LogP contribution in [-0.4, -0.2) is 26.8 Å². The highest BCUT2D eigenvalue weighted by Crippen LogP contribution is 2.10. The summed E-state index contributed by atoms with van der Waals surface area (Å²) in [5.74, 6) is -1.05. The molecular formula is C15H17N3O3. The number of aliphatic carboxylic acids is 1. The van der Waals surface area contributed by atoms with Gasteiger partial charge in [0.1, 0.15) is 6.54 Å². The van der Waals surface area contributed by atoms with Crippen LogP contribution in [0, 0.1) is 13.8 Å². The summed E-state index contributed by atoms with van der Waals surface area (Å²) in [5.41, 5.74) is 3.13. The Kier molecular flexibility index (Phi) is 4.37. The molecule has 1 aromatic heterocycles. The summed E-state index contributed by atoms with van der Waals surface area (Å²) >= 11 is 0. The molecule has 0 aliphatic carbocycles. The number of nitrogens with zero attached hydrogens (tertiary/aromatic N) is 2. The standard InChI is InChI=1S/C15H17N3O3/c1-10-7-11(2)18(17-10)9-14(19)16-13-5-3-12(4-6-13)8-15(20)21/h3-7H,8-9H2,1-2H3,(H,16,19)(H,20,21). The molecule has 110 valence electrons. The predicted octanol–water partition coefficient (Wildman–Crippen LogP) is 1.77. The lowest BCUT2D eigenvalue weighted by Gasteiger charge is -2.07. The molecule has 6 nitrogen and oxygen atoms in total. The van der Waals surface area contributed by atoms with Gasteiger partial charge in [-0.15, -0.1) is 0 Å². The molecule has 2 aromatic rings. The number of hydrogen-bond donors (Lipinski definition) is 2. The Morgan fingerprint density at radius 3 is 2.43 bits per heavy atom. The summed E-state index contributed by atoms with van der Waals surface area (Å²) in [7, 11) is 0. The highest BCUT2D eigenvalue weighted by molar-refractivity contribution is 5.90. The Morgan fingerprint density at radius 1 is 1.24 bits per heavy atom. The molecule has 2 rings (SSSR count). The van der Waals surface area contributed by atoms with Gasteiger partial charge in [0.25, 0.3) is 0 Å². The fourth-order valence-electron chi connectivity index (χ4n) is 2.05. The molecule has 1 amide bonds. The Balaban J connectivity index is 1.96. The fourth-order valence-corrected chi connectivity index (χ4v) is 2.05. The Morgan fingerprint density at radius 2 is 1.90 bits per heavy atom. The van der Waals surface area contributed by atoms with Crippen LogP contribution >= 0.6 is 0 Å². The van der Waals surface area contributed by atoms with Gasteiger partial charge in [-0.05, 0) is 37.6 Å². The minimum absolute atomic E-state index is 0.0278. The Labute approximate surface area is 122 Å². The zero-order valence-electron chi connectivity index (χ0n) is 12.0. The van der Waals surface area contributed by atoms with Gasteiger partial charge >= 0.3 is 5.97 Å². The van der Waals surface area contributed by atoms with Gasteiger partial charge in [-0.3, -0.25) is 14.3 Å². The number of amides is 1.